The number of methoxy groups -OCH3 is 1. The monoisotopic (exact) mass is 544 g/mol. The Hall–Kier alpha value is -4.82. The third kappa shape index (κ3) is 8.69. The van der Waals surface area contributed by atoms with Crippen molar-refractivity contribution in [3.8, 4) is 5.75 Å². The minimum absolute atomic E-state index is 0.0267. The van der Waals surface area contributed by atoms with Gasteiger partial charge < -0.3 is 26.2 Å². The van der Waals surface area contributed by atoms with Crippen molar-refractivity contribution in [1.82, 2.24) is 4.98 Å². The van der Waals surface area contributed by atoms with Crippen molar-refractivity contribution in [1.29, 1.82) is 0 Å². The zero-order valence-electron chi connectivity index (χ0n) is 19.1. The molecule has 0 aliphatic heterocycles. The van der Waals surface area contributed by atoms with Crippen LogP contribution in [-0.2, 0) is 11.0 Å². The van der Waals surface area contributed by atoms with Crippen LogP contribution in [0.15, 0.2) is 60.8 Å². The van der Waals surface area contributed by atoms with Crippen LogP contribution in [0.3, 0.4) is 0 Å². The lowest BCUT2D eigenvalue weighted by Crippen LogP contribution is -2.21. The lowest BCUT2D eigenvalue weighted by molar-refractivity contribution is -0.192. The number of carboxylic acids is 1. The molecular formula is C23H18F6N4O5. The highest BCUT2D eigenvalue weighted by molar-refractivity contribution is 6.07. The SMILES string of the molecule is COc1cc(NC(=O)c2ccc(N)nc2)cc(C(=O)Nc2cccc(C(F)(F)F)c2)c1.O=C(O)C(F)(F)F. The minimum Gasteiger partial charge on any atom is -0.497 e. The number of amides is 2. The van der Waals surface area contributed by atoms with Crippen LogP contribution in [-0.4, -0.2) is 41.2 Å². The Labute approximate surface area is 210 Å². The fraction of sp³-hybridized carbons (Fsp3) is 0.130. The number of anilines is 3. The van der Waals surface area contributed by atoms with Gasteiger partial charge >= 0.3 is 18.3 Å². The summed E-state index contributed by atoms with van der Waals surface area (Å²) >= 11 is 0. The Morgan fingerprint density at radius 2 is 1.47 bits per heavy atom. The highest BCUT2D eigenvalue weighted by Gasteiger charge is 2.38. The lowest BCUT2D eigenvalue weighted by Gasteiger charge is -2.12. The van der Waals surface area contributed by atoms with Gasteiger partial charge in [0.25, 0.3) is 11.8 Å². The van der Waals surface area contributed by atoms with Crippen molar-refractivity contribution in [2.24, 2.45) is 0 Å². The number of nitrogens with one attached hydrogen (secondary N) is 2. The van der Waals surface area contributed by atoms with Crippen LogP contribution in [0.25, 0.3) is 0 Å². The first-order valence-corrected chi connectivity index (χ1v) is 10.1. The van der Waals surface area contributed by atoms with Crippen LogP contribution in [0.4, 0.5) is 43.5 Å². The van der Waals surface area contributed by atoms with Gasteiger partial charge in [-0.05, 0) is 42.5 Å². The topological polar surface area (TPSA) is 144 Å². The number of carbonyl (C=O) groups excluding carboxylic acids is 2. The van der Waals surface area contributed by atoms with Gasteiger partial charge in [0.15, 0.2) is 0 Å². The number of aliphatic carboxylic acids is 1. The highest BCUT2D eigenvalue weighted by Crippen LogP contribution is 2.31. The Balaban J connectivity index is 0.000000638. The van der Waals surface area contributed by atoms with Crippen LogP contribution in [0.1, 0.15) is 26.3 Å². The van der Waals surface area contributed by atoms with Gasteiger partial charge in [-0.25, -0.2) is 9.78 Å². The van der Waals surface area contributed by atoms with Crippen LogP contribution in [0.5, 0.6) is 5.75 Å². The maximum absolute atomic E-state index is 12.9. The number of aromatic nitrogens is 1. The number of alkyl halides is 6. The molecule has 202 valence electrons. The summed E-state index contributed by atoms with van der Waals surface area (Å²) in [5, 5.41) is 12.1. The molecular weight excluding hydrogens is 526 g/mol. The number of pyridine rings is 1. The average molecular weight is 544 g/mol. The van der Waals surface area contributed by atoms with Gasteiger partial charge in [0.2, 0.25) is 0 Å². The largest absolute Gasteiger partial charge is 0.497 e. The van der Waals surface area contributed by atoms with Gasteiger partial charge in [-0.2, -0.15) is 26.3 Å². The Bertz CT molecular complexity index is 1310. The molecule has 2 aromatic carbocycles. The molecule has 0 saturated heterocycles. The van der Waals surface area contributed by atoms with E-state index in [1.165, 1.54) is 55.8 Å². The van der Waals surface area contributed by atoms with Crippen molar-refractivity contribution in [2.75, 3.05) is 23.5 Å². The molecule has 2 amide bonds. The van der Waals surface area contributed by atoms with Gasteiger partial charge in [0, 0.05) is 29.2 Å². The molecule has 0 aliphatic carbocycles. The number of carboxylic acid groups (broad SMARTS) is 1. The lowest BCUT2D eigenvalue weighted by atomic mass is 10.1. The number of nitrogens with zero attached hydrogens (tertiary/aromatic N) is 1. The summed E-state index contributed by atoms with van der Waals surface area (Å²) < 4.78 is 75.5. The first-order chi connectivity index (χ1) is 17.6. The molecule has 0 radical (unpaired) electrons. The Kier molecular flexibility index (Phi) is 9.24. The van der Waals surface area contributed by atoms with Crippen LogP contribution in [0.2, 0.25) is 0 Å². The number of rotatable bonds is 5. The van der Waals surface area contributed by atoms with E-state index in [0.29, 0.717) is 0 Å². The Morgan fingerprint density at radius 1 is 0.868 bits per heavy atom. The van der Waals surface area contributed by atoms with Gasteiger partial charge in [-0.15, -0.1) is 0 Å². The van der Waals surface area contributed by atoms with Crippen LogP contribution in [0, 0.1) is 0 Å². The molecule has 9 nitrogen and oxygen atoms in total. The molecule has 5 N–H and O–H groups in total. The van der Waals surface area contributed by atoms with E-state index in [-0.39, 0.29) is 34.1 Å². The normalized spacial score (nSPS) is 11.0. The number of halogens is 6. The predicted octanol–water partition coefficient (Wildman–Crippen LogP) is 4.83. The van der Waals surface area contributed by atoms with E-state index < -0.39 is 35.7 Å². The standard InChI is InChI=1S/C21H17F3N4O3.C2HF3O2/c1-31-17-8-13(20(30)27-15-4-2-3-14(9-15)21(22,23)24)7-16(10-17)28-19(29)12-5-6-18(25)26-11-12;3-2(4,5)1(6)7/h2-11H,1H3,(H2,25,26)(H,27,30)(H,28,29);(H,6,7). The van der Waals surface area contributed by atoms with Crippen molar-refractivity contribution in [3.05, 3.63) is 77.5 Å². The van der Waals surface area contributed by atoms with Gasteiger partial charge in [-0.1, -0.05) is 6.07 Å². The van der Waals surface area contributed by atoms with Crippen LogP contribution >= 0.6 is 0 Å². The van der Waals surface area contributed by atoms with E-state index in [4.69, 9.17) is 20.4 Å². The molecule has 0 saturated carbocycles. The summed E-state index contributed by atoms with van der Waals surface area (Å²) in [5.41, 5.74) is 5.15. The number of hydrogen-bond donors (Lipinski definition) is 4. The average Bonchev–Trinajstić information content (AvgIpc) is 2.83. The van der Waals surface area contributed by atoms with E-state index in [9.17, 15) is 35.9 Å². The number of nitrogen functional groups attached to an aromatic ring is 1. The van der Waals surface area contributed by atoms with E-state index in [0.717, 1.165) is 12.1 Å². The smallest absolute Gasteiger partial charge is 0.490 e. The molecule has 0 aliphatic rings. The quantitative estimate of drug-likeness (QED) is 0.337. The second-order valence-corrected chi connectivity index (χ2v) is 7.21. The molecule has 3 aromatic rings. The summed E-state index contributed by atoms with van der Waals surface area (Å²) in [7, 11) is 1.37. The number of benzene rings is 2. The number of nitrogens with two attached hydrogens (primary N) is 1. The zero-order chi connectivity index (χ0) is 28.7. The number of hydrogen-bond acceptors (Lipinski definition) is 6. The molecule has 0 bridgehead atoms. The zero-order valence-corrected chi connectivity index (χ0v) is 19.1. The van der Waals surface area contributed by atoms with Crippen molar-refractivity contribution in [2.45, 2.75) is 12.4 Å². The molecule has 3 rings (SSSR count). The Morgan fingerprint density at radius 3 is 2.00 bits per heavy atom. The first-order valence-electron chi connectivity index (χ1n) is 10.1. The first kappa shape index (κ1) is 29.4. The van der Waals surface area contributed by atoms with Crippen LogP contribution < -0.4 is 21.1 Å². The maximum atomic E-state index is 12.9. The predicted molar refractivity (Wildman–Crippen MR) is 123 cm³/mol. The summed E-state index contributed by atoms with van der Waals surface area (Å²) in [6.07, 6.45) is -8.32. The van der Waals surface area contributed by atoms with E-state index in [1.807, 2.05) is 0 Å². The maximum Gasteiger partial charge on any atom is 0.490 e. The van der Waals surface area contributed by atoms with E-state index in [2.05, 4.69) is 15.6 Å². The van der Waals surface area contributed by atoms with Gasteiger partial charge in [-0.3, -0.25) is 9.59 Å². The minimum atomic E-state index is -5.08. The fourth-order valence-electron chi connectivity index (χ4n) is 2.64. The van der Waals surface area contributed by atoms with Crippen molar-refractivity contribution >= 4 is 35.0 Å². The molecule has 15 heteroatoms. The summed E-state index contributed by atoms with van der Waals surface area (Å²) in [4.78, 5) is 37.7. The molecule has 0 fully saturated rings. The molecule has 0 atom stereocenters. The summed E-state index contributed by atoms with van der Waals surface area (Å²) in [6.45, 7) is 0. The summed E-state index contributed by atoms with van der Waals surface area (Å²) in [5.74, 6) is -3.41. The van der Waals surface area contributed by atoms with E-state index >= 15 is 0 Å². The molecule has 38 heavy (non-hydrogen) atoms. The van der Waals surface area contributed by atoms with Gasteiger partial charge in [0.05, 0.1) is 18.2 Å². The molecule has 0 spiro atoms. The number of carbonyl (C=O) groups is 3. The molecule has 1 aromatic heterocycles. The third-order valence-electron chi connectivity index (χ3n) is 4.40. The number of ether oxygens (including phenoxy) is 1. The summed E-state index contributed by atoms with van der Waals surface area (Å²) in [6, 6.07) is 11.5. The third-order valence-corrected chi connectivity index (χ3v) is 4.40. The van der Waals surface area contributed by atoms with Crippen molar-refractivity contribution < 1.29 is 50.6 Å². The van der Waals surface area contributed by atoms with Crippen molar-refractivity contribution in [3.63, 3.8) is 0 Å². The highest BCUT2D eigenvalue weighted by atomic mass is 19.4. The fourth-order valence-corrected chi connectivity index (χ4v) is 2.64. The van der Waals surface area contributed by atoms with E-state index in [1.54, 1.807) is 0 Å². The second kappa shape index (κ2) is 11.9. The molecule has 1 heterocycles. The molecule has 0 unspecified atom stereocenters. The second-order valence-electron chi connectivity index (χ2n) is 7.21. The van der Waals surface area contributed by atoms with Gasteiger partial charge in [0.1, 0.15) is 11.6 Å².